The molecule has 0 fully saturated rings. The minimum atomic E-state index is 0.0115. The molecule has 0 saturated heterocycles. The van der Waals surface area contributed by atoms with Gasteiger partial charge in [0.15, 0.2) is 0 Å². The van der Waals surface area contributed by atoms with Crippen LogP contribution in [0.3, 0.4) is 0 Å². The molecule has 0 saturated carbocycles. The molecule has 132 valence electrons. The van der Waals surface area contributed by atoms with E-state index in [1.54, 1.807) is 0 Å². The van der Waals surface area contributed by atoms with Crippen molar-refractivity contribution in [1.29, 1.82) is 0 Å². The van der Waals surface area contributed by atoms with Gasteiger partial charge in [-0.15, -0.1) is 0 Å². The van der Waals surface area contributed by atoms with Crippen molar-refractivity contribution in [3.8, 4) is 0 Å². The van der Waals surface area contributed by atoms with Crippen molar-refractivity contribution in [3.05, 3.63) is 0 Å². The fourth-order valence-corrected chi connectivity index (χ4v) is 2.94. The van der Waals surface area contributed by atoms with Gasteiger partial charge in [0.2, 0.25) is 0 Å². The first-order valence-corrected chi connectivity index (χ1v) is 9.93. The third-order valence-corrected chi connectivity index (χ3v) is 4.45. The molecule has 0 aliphatic heterocycles. The van der Waals surface area contributed by atoms with E-state index in [0.717, 1.165) is 6.42 Å². The van der Waals surface area contributed by atoms with E-state index in [-0.39, 0.29) is 12.4 Å². The summed E-state index contributed by atoms with van der Waals surface area (Å²) in [6.07, 6.45) is 21.3. The van der Waals surface area contributed by atoms with Crippen molar-refractivity contribution in [2.75, 3.05) is 6.61 Å². The van der Waals surface area contributed by atoms with Crippen molar-refractivity contribution in [2.24, 2.45) is 0 Å². The quantitative estimate of drug-likeness (QED) is 0.306. The van der Waals surface area contributed by atoms with E-state index in [1.165, 1.54) is 89.9 Å². The highest BCUT2D eigenvalue weighted by Crippen LogP contribution is 2.13. The van der Waals surface area contributed by atoms with Crippen molar-refractivity contribution >= 4 is 5.78 Å². The number of aliphatic hydroxyl groups is 1. The molecule has 0 aromatic heterocycles. The predicted molar refractivity (Wildman–Crippen MR) is 96.3 cm³/mol. The average Bonchev–Trinajstić information content (AvgIpc) is 2.51. The first kappa shape index (κ1) is 21.6. The standard InChI is InChI=1S/C20H40O2/c1-2-3-4-5-6-7-8-9-10-11-12-13-14-15-16-17-20(22)18-19-21/h21H,2-19H2,1H3. The van der Waals surface area contributed by atoms with Crippen molar-refractivity contribution in [3.63, 3.8) is 0 Å². The Bertz CT molecular complexity index is 226. The summed E-state index contributed by atoms with van der Waals surface area (Å²) in [4.78, 5) is 11.2. The lowest BCUT2D eigenvalue weighted by Gasteiger charge is -2.03. The second-order valence-corrected chi connectivity index (χ2v) is 6.71. The van der Waals surface area contributed by atoms with E-state index in [2.05, 4.69) is 6.92 Å². The van der Waals surface area contributed by atoms with Crippen LogP contribution in [-0.4, -0.2) is 17.5 Å². The number of ketones is 1. The fraction of sp³-hybridized carbons (Fsp3) is 0.950. The molecule has 22 heavy (non-hydrogen) atoms. The van der Waals surface area contributed by atoms with Crippen LogP contribution < -0.4 is 0 Å². The first-order valence-electron chi connectivity index (χ1n) is 9.93. The summed E-state index contributed by atoms with van der Waals surface area (Å²) in [5, 5.41) is 8.64. The van der Waals surface area contributed by atoms with Crippen LogP contribution in [0.4, 0.5) is 0 Å². The third kappa shape index (κ3) is 17.7. The number of Topliss-reactive ketones (excluding diaryl/α,β-unsaturated/α-hetero) is 1. The summed E-state index contributed by atoms with van der Waals surface area (Å²) >= 11 is 0. The number of aliphatic hydroxyl groups excluding tert-OH is 1. The van der Waals surface area contributed by atoms with Gasteiger partial charge in [0.25, 0.3) is 0 Å². The van der Waals surface area contributed by atoms with Crippen LogP contribution in [0.5, 0.6) is 0 Å². The van der Waals surface area contributed by atoms with Crippen molar-refractivity contribution < 1.29 is 9.90 Å². The topological polar surface area (TPSA) is 37.3 Å². The molecule has 0 bridgehead atoms. The Labute approximate surface area is 139 Å². The molecule has 0 amide bonds. The van der Waals surface area contributed by atoms with Crippen LogP contribution in [0.1, 0.15) is 116 Å². The van der Waals surface area contributed by atoms with Gasteiger partial charge in [-0.1, -0.05) is 96.8 Å². The zero-order valence-electron chi connectivity index (χ0n) is 15.1. The summed E-state index contributed by atoms with van der Waals surface area (Å²) < 4.78 is 0. The van der Waals surface area contributed by atoms with E-state index in [9.17, 15) is 4.79 Å². The van der Waals surface area contributed by atoms with Crippen LogP contribution in [0.2, 0.25) is 0 Å². The normalized spacial score (nSPS) is 11.0. The van der Waals surface area contributed by atoms with Crippen molar-refractivity contribution in [2.45, 2.75) is 116 Å². The zero-order chi connectivity index (χ0) is 16.3. The van der Waals surface area contributed by atoms with Crippen molar-refractivity contribution in [1.82, 2.24) is 0 Å². The van der Waals surface area contributed by atoms with Crippen LogP contribution in [0.25, 0.3) is 0 Å². The highest BCUT2D eigenvalue weighted by Gasteiger charge is 2.00. The summed E-state index contributed by atoms with van der Waals surface area (Å²) in [6.45, 7) is 2.29. The van der Waals surface area contributed by atoms with E-state index < -0.39 is 0 Å². The Kier molecular flexibility index (Phi) is 18.4. The maximum atomic E-state index is 11.2. The molecule has 2 heteroatoms. The Morgan fingerprint density at radius 3 is 1.32 bits per heavy atom. The molecule has 0 aromatic rings. The lowest BCUT2D eigenvalue weighted by atomic mass is 10.0. The highest BCUT2D eigenvalue weighted by atomic mass is 16.3. The molecule has 1 N–H and O–H groups in total. The molecule has 0 unspecified atom stereocenters. The third-order valence-electron chi connectivity index (χ3n) is 4.45. The van der Waals surface area contributed by atoms with Gasteiger partial charge >= 0.3 is 0 Å². The minimum absolute atomic E-state index is 0.0115. The van der Waals surface area contributed by atoms with E-state index >= 15 is 0 Å². The maximum absolute atomic E-state index is 11.2. The summed E-state index contributed by atoms with van der Waals surface area (Å²) in [5.41, 5.74) is 0. The van der Waals surface area contributed by atoms with Gasteiger partial charge in [-0.25, -0.2) is 0 Å². The molecular formula is C20H40O2. The van der Waals surface area contributed by atoms with Crippen LogP contribution in [0.15, 0.2) is 0 Å². The van der Waals surface area contributed by atoms with Gasteiger partial charge in [0.05, 0.1) is 0 Å². The Balaban J connectivity index is 3.01. The number of rotatable bonds is 18. The number of carbonyl (C=O) groups excluding carboxylic acids is 1. The van der Waals surface area contributed by atoms with Gasteiger partial charge in [-0.05, 0) is 6.42 Å². The second-order valence-electron chi connectivity index (χ2n) is 6.71. The largest absolute Gasteiger partial charge is 0.396 e. The van der Waals surface area contributed by atoms with Crippen LogP contribution in [-0.2, 0) is 4.79 Å². The van der Waals surface area contributed by atoms with Gasteiger partial charge < -0.3 is 5.11 Å². The second kappa shape index (κ2) is 18.7. The molecule has 2 nitrogen and oxygen atoms in total. The van der Waals surface area contributed by atoms with Gasteiger partial charge in [-0.3, -0.25) is 4.79 Å². The lowest BCUT2D eigenvalue weighted by Crippen LogP contribution is -2.00. The van der Waals surface area contributed by atoms with Gasteiger partial charge in [0.1, 0.15) is 5.78 Å². The molecule has 0 rings (SSSR count). The molecule has 0 aliphatic rings. The molecule has 0 spiro atoms. The molecule has 0 heterocycles. The summed E-state index contributed by atoms with van der Waals surface area (Å²) in [5.74, 6) is 0.220. The number of hydrogen-bond acceptors (Lipinski definition) is 2. The lowest BCUT2D eigenvalue weighted by molar-refractivity contribution is -0.119. The zero-order valence-corrected chi connectivity index (χ0v) is 15.1. The highest BCUT2D eigenvalue weighted by molar-refractivity contribution is 5.78. The number of carbonyl (C=O) groups is 1. The summed E-state index contributed by atoms with van der Waals surface area (Å²) in [7, 11) is 0. The fourth-order valence-electron chi connectivity index (χ4n) is 2.94. The number of unbranched alkanes of at least 4 members (excludes halogenated alkanes) is 14. The van der Waals surface area contributed by atoms with Crippen LogP contribution >= 0.6 is 0 Å². The Hall–Kier alpha value is -0.370. The maximum Gasteiger partial charge on any atom is 0.135 e. The number of hydrogen-bond donors (Lipinski definition) is 1. The summed E-state index contributed by atoms with van der Waals surface area (Å²) in [6, 6.07) is 0. The monoisotopic (exact) mass is 312 g/mol. The Morgan fingerprint density at radius 2 is 0.955 bits per heavy atom. The molecule has 0 radical (unpaired) electrons. The molecule has 0 atom stereocenters. The Morgan fingerprint density at radius 1 is 0.591 bits per heavy atom. The van der Waals surface area contributed by atoms with E-state index in [0.29, 0.717) is 12.8 Å². The first-order chi connectivity index (χ1) is 10.8. The predicted octanol–water partition coefficient (Wildman–Crippen LogP) is 6.20. The smallest absolute Gasteiger partial charge is 0.135 e. The SMILES string of the molecule is CCCCCCCCCCCCCCCCCC(=O)CCO. The molecular weight excluding hydrogens is 272 g/mol. The van der Waals surface area contributed by atoms with Crippen LogP contribution in [0, 0.1) is 0 Å². The van der Waals surface area contributed by atoms with E-state index in [4.69, 9.17) is 5.11 Å². The molecule has 0 aromatic carbocycles. The minimum Gasteiger partial charge on any atom is -0.396 e. The van der Waals surface area contributed by atoms with Gasteiger partial charge in [0, 0.05) is 19.4 Å². The molecule has 0 aliphatic carbocycles. The average molecular weight is 313 g/mol. The van der Waals surface area contributed by atoms with Gasteiger partial charge in [-0.2, -0.15) is 0 Å². The van der Waals surface area contributed by atoms with E-state index in [1.807, 2.05) is 0 Å².